The molecule has 0 atom stereocenters. The van der Waals surface area contributed by atoms with Crippen LogP contribution in [0.1, 0.15) is 27.2 Å². The van der Waals surface area contributed by atoms with Crippen molar-refractivity contribution in [2.24, 2.45) is 5.41 Å². The maximum Gasteiger partial charge on any atom is 0.154 e. The van der Waals surface area contributed by atoms with Crippen molar-refractivity contribution in [2.45, 2.75) is 27.2 Å². The third-order valence-corrected chi connectivity index (χ3v) is 1.50. The van der Waals surface area contributed by atoms with E-state index in [1.165, 1.54) is 6.92 Å². The molecule has 0 aliphatic heterocycles. The molecule has 0 unspecified atom stereocenters. The fraction of sp³-hybridized carbons (Fsp3) is 0.700. The SMILES string of the molecule is CC#N.COCC(C)(C)C(=O)CC#N. The van der Waals surface area contributed by atoms with Gasteiger partial charge in [-0.1, -0.05) is 13.8 Å². The van der Waals surface area contributed by atoms with E-state index in [4.69, 9.17) is 15.3 Å². The van der Waals surface area contributed by atoms with Crippen molar-refractivity contribution in [1.82, 2.24) is 0 Å². The average Bonchev–Trinajstić information content (AvgIpc) is 2.06. The highest BCUT2D eigenvalue weighted by Gasteiger charge is 2.26. The number of rotatable bonds is 4. The van der Waals surface area contributed by atoms with E-state index in [1.54, 1.807) is 27.0 Å². The fourth-order valence-corrected chi connectivity index (χ4v) is 0.752. The van der Waals surface area contributed by atoms with E-state index in [-0.39, 0.29) is 12.2 Å². The highest BCUT2D eigenvalue weighted by Crippen LogP contribution is 2.17. The zero-order chi connectivity index (χ0) is 11.6. The Kier molecular flexibility index (Phi) is 8.86. The van der Waals surface area contributed by atoms with Gasteiger partial charge >= 0.3 is 0 Å². The molecule has 0 bridgehead atoms. The molecule has 0 spiro atoms. The van der Waals surface area contributed by atoms with Gasteiger partial charge in [0, 0.05) is 19.4 Å². The summed E-state index contributed by atoms with van der Waals surface area (Å²) in [6.07, 6.45) is -0.0314. The summed E-state index contributed by atoms with van der Waals surface area (Å²) in [5.41, 5.74) is -0.523. The van der Waals surface area contributed by atoms with E-state index < -0.39 is 5.41 Å². The van der Waals surface area contributed by atoms with Gasteiger partial charge in [-0.05, 0) is 0 Å². The Morgan fingerprint density at radius 3 is 2.14 bits per heavy atom. The van der Waals surface area contributed by atoms with Gasteiger partial charge in [-0.15, -0.1) is 0 Å². The topological polar surface area (TPSA) is 73.9 Å². The molecule has 78 valence electrons. The first-order valence-corrected chi connectivity index (χ1v) is 4.16. The third kappa shape index (κ3) is 7.27. The molecule has 0 aliphatic rings. The largest absolute Gasteiger partial charge is 0.384 e. The molecule has 0 saturated heterocycles. The van der Waals surface area contributed by atoms with Crippen molar-refractivity contribution in [1.29, 1.82) is 10.5 Å². The summed E-state index contributed by atoms with van der Waals surface area (Å²) >= 11 is 0. The number of hydrogen-bond donors (Lipinski definition) is 0. The van der Waals surface area contributed by atoms with Crippen LogP contribution in [-0.4, -0.2) is 19.5 Å². The van der Waals surface area contributed by atoms with Crippen LogP contribution in [0, 0.1) is 28.1 Å². The number of ketones is 1. The summed E-state index contributed by atoms with van der Waals surface area (Å²) in [5, 5.41) is 15.6. The van der Waals surface area contributed by atoms with Crippen molar-refractivity contribution >= 4 is 5.78 Å². The van der Waals surface area contributed by atoms with Gasteiger partial charge in [0.25, 0.3) is 0 Å². The summed E-state index contributed by atoms with van der Waals surface area (Å²) in [6, 6.07) is 3.58. The van der Waals surface area contributed by atoms with Gasteiger partial charge in [0.05, 0.1) is 25.2 Å². The van der Waals surface area contributed by atoms with Gasteiger partial charge in [-0.25, -0.2) is 0 Å². The number of hydrogen-bond acceptors (Lipinski definition) is 4. The third-order valence-electron chi connectivity index (χ3n) is 1.50. The summed E-state index contributed by atoms with van der Waals surface area (Å²) in [5.74, 6) is -0.0677. The van der Waals surface area contributed by atoms with Crippen LogP contribution in [0.5, 0.6) is 0 Å². The molecule has 0 radical (unpaired) electrons. The Morgan fingerprint density at radius 2 is 1.86 bits per heavy atom. The molecule has 0 aromatic rings. The molecule has 0 aromatic heterocycles. The second kappa shape index (κ2) is 8.22. The molecular formula is C10H16N2O2. The first kappa shape index (κ1) is 15.1. The van der Waals surface area contributed by atoms with E-state index in [9.17, 15) is 4.79 Å². The molecule has 0 saturated carbocycles. The summed E-state index contributed by atoms with van der Waals surface area (Å²) in [7, 11) is 1.54. The minimum absolute atomic E-state index is 0.0314. The second-order valence-corrected chi connectivity index (χ2v) is 3.30. The van der Waals surface area contributed by atoms with Crippen molar-refractivity contribution in [3.8, 4) is 12.1 Å². The number of Topliss-reactive ketones (excluding diaryl/α,β-unsaturated/α-hetero) is 1. The first-order chi connectivity index (χ1) is 6.46. The minimum Gasteiger partial charge on any atom is -0.384 e. The van der Waals surface area contributed by atoms with Crippen LogP contribution in [0.4, 0.5) is 0 Å². The van der Waals surface area contributed by atoms with Crippen LogP contribution in [0.2, 0.25) is 0 Å². The van der Waals surface area contributed by atoms with Crippen LogP contribution in [0.3, 0.4) is 0 Å². The second-order valence-electron chi connectivity index (χ2n) is 3.30. The van der Waals surface area contributed by atoms with E-state index >= 15 is 0 Å². The minimum atomic E-state index is -0.523. The molecule has 0 fully saturated rings. The molecule has 0 amide bonds. The number of nitriles is 2. The first-order valence-electron chi connectivity index (χ1n) is 4.16. The number of methoxy groups -OCH3 is 1. The molecule has 0 heterocycles. The monoisotopic (exact) mass is 196 g/mol. The van der Waals surface area contributed by atoms with Crippen molar-refractivity contribution in [3.63, 3.8) is 0 Å². The summed E-state index contributed by atoms with van der Waals surface area (Å²) < 4.78 is 4.84. The Labute approximate surface area is 85.1 Å². The molecule has 0 aromatic carbocycles. The molecule has 0 rings (SSSR count). The van der Waals surface area contributed by atoms with E-state index in [0.717, 1.165) is 0 Å². The number of ether oxygens (including phenoxy) is 1. The predicted molar refractivity (Wildman–Crippen MR) is 52.2 cm³/mol. The van der Waals surface area contributed by atoms with Gasteiger partial charge in [0.15, 0.2) is 5.78 Å². The van der Waals surface area contributed by atoms with E-state index in [0.29, 0.717) is 6.61 Å². The lowest BCUT2D eigenvalue weighted by Crippen LogP contribution is -2.28. The van der Waals surface area contributed by atoms with Gasteiger partial charge < -0.3 is 4.74 Å². The Hall–Kier alpha value is -1.39. The molecule has 0 aliphatic carbocycles. The van der Waals surface area contributed by atoms with Crippen LogP contribution in [0.15, 0.2) is 0 Å². The number of carbonyl (C=O) groups is 1. The highest BCUT2D eigenvalue weighted by atomic mass is 16.5. The molecule has 14 heavy (non-hydrogen) atoms. The zero-order valence-electron chi connectivity index (χ0n) is 9.13. The molecule has 4 heteroatoms. The highest BCUT2D eigenvalue weighted by molar-refractivity contribution is 5.85. The van der Waals surface area contributed by atoms with Crippen LogP contribution < -0.4 is 0 Å². The quantitative estimate of drug-likeness (QED) is 0.685. The van der Waals surface area contributed by atoms with E-state index in [2.05, 4.69) is 0 Å². The van der Waals surface area contributed by atoms with Crippen LogP contribution in [0.25, 0.3) is 0 Å². The Balaban J connectivity index is 0. The average molecular weight is 196 g/mol. The standard InChI is InChI=1S/C8H13NO2.C2H3N/c1-8(2,6-11-3)7(10)4-5-9;1-2-3/h4,6H2,1-3H3;1H3. The van der Waals surface area contributed by atoms with Gasteiger partial charge in [-0.2, -0.15) is 10.5 Å². The van der Waals surface area contributed by atoms with Gasteiger partial charge in [0.1, 0.15) is 0 Å². The Morgan fingerprint density at radius 1 is 1.43 bits per heavy atom. The van der Waals surface area contributed by atoms with Crippen LogP contribution in [-0.2, 0) is 9.53 Å². The maximum atomic E-state index is 11.2. The van der Waals surface area contributed by atoms with Crippen molar-refractivity contribution < 1.29 is 9.53 Å². The molecular weight excluding hydrogens is 180 g/mol. The molecule has 4 nitrogen and oxygen atoms in total. The fourth-order valence-electron chi connectivity index (χ4n) is 0.752. The predicted octanol–water partition coefficient (Wildman–Crippen LogP) is 1.67. The van der Waals surface area contributed by atoms with Crippen LogP contribution >= 0.6 is 0 Å². The van der Waals surface area contributed by atoms with Crippen molar-refractivity contribution in [2.75, 3.05) is 13.7 Å². The van der Waals surface area contributed by atoms with E-state index in [1.807, 2.05) is 6.07 Å². The Bertz CT molecular complexity index is 246. The van der Waals surface area contributed by atoms with Gasteiger partial charge in [-0.3, -0.25) is 4.79 Å². The summed E-state index contributed by atoms with van der Waals surface area (Å²) in [4.78, 5) is 11.2. The lowest BCUT2D eigenvalue weighted by Gasteiger charge is -2.19. The lowest BCUT2D eigenvalue weighted by atomic mass is 9.88. The summed E-state index contributed by atoms with van der Waals surface area (Å²) in [6.45, 7) is 5.35. The normalized spacial score (nSPS) is 9.00. The smallest absolute Gasteiger partial charge is 0.154 e. The number of nitrogens with zero attached hydrogens (tertiary/aromatic N) is 2. The molecule has 0 N–H and O–H groups in total. The number of carbonyl (C=O) groups excluding carboxylic acids is 1. The van der Waals surface area contributed by atoms with Crippen molar-refractivity contribution in [3.05, 3.63) is 0 Å². The maximum absolute atomic E-state index is 11.2. The lowest BCUT2D eigenvalue weighted by molar-refractivity contribution is -0.128. The zero-order valence-corrected chi connectivity index (χ0v) is 9.13. The van der Waals surface area contributed by atoms with Gasteiger partial charge in [0.2, 0.25) is 0 Å².